The molecule has 0 saturated heterocycles. The highest BCUT2D eigenvalue weighted by molar-refractivity contribution is 5.90. The van der Waals surface area contributed by atoms with Crippen LogP contribution in [0.2, 0.25) is 0 Å². The van der Waals surface area contributed by atoms with E-state index in [1.807, 2.05) is 26.0 Å². The zero-order valence-corrected chi connectivity index (χ0v) is 18.2. The Morgan fingerprint density at radius 2 is 1.79 bits per heavy atom. The third kappa shape index (κ3) is 4.29. The van der Waals surface area contributed by atoms with Crippen molar-refractivity contribution in [3.8, 4) is 0 Å². The summed E-state index contributed by atoms with van der Waals surface area (Å²) >= 11 is 0. The van der Waals surface area contributed by atoms with E-state index in [4.69, 9.17) is 0 Å². The summed E-state index contributed by atoms with van der Waals surface area (Å²) in [5.41, 5.74) is 8.30. The van der Waals surface area contributed by atoms with Crippen molar-refractivity contribution >= 4 is 11.3 Å². The van der Waals surface area contributed by atoms with E-state index < -0.39 is 0 Å². The minimum absolute atomic E-state index is 0.0735. The normalized spacial score (nSPS) is 18.7. The van der Waals surface area contributed by atoms with Crippen molar-refractivity contribution < 1.29 is 0 Å². The first-order valence-corrected chi connectivity index (χ1v) is 10.8. The Morgan fingerprint density at radius 1 is 1.07 bits per heavy atom. The van der Waals surface area contributed by atoms with Gasteiger partial charge in [-0.1, -0.05) is 101 Å². The van der Waals surface area contributed by atoms with E-state index in [-0.39, 0.29) is 5.41 Å². The Kier molecular flexibility index (Phi) is 6.59. The fourth-order valence-electron chi connectivity index (χ4n) is 4.27. The second-order valence-electron chi connectivity index (χ2n) is 7.92. The Morgan fingerprint density at radius 3 is 2.52 bits per heavy atom. The highest BCUT2D eigenvalue weighted by Crippen LogP contribution is 2.51. The predicted molar refractivity (Wildman–Crippen MR) is 128 cm³/mol. The van der Waals surface area contributed by atoms with E-state index in [1.165, 1.54) is 33.5 Å². The maximum atomic E-state index is 3.71. The molecule has 0 bridgehead atoms. The van der Waals surface area contributed by atoms with E-state index in [0.29, 0.717) is 6.04 Å². The lowest BCUT2D eigenvalue weighted by molar-refractivity contribution is 0.650. The Balaban J connectivity index is 0.00000117. The lowest BCUT2D eigenvalue weighted by atomic mass is 9.79. The topological polar surface area (TPSA) is 12.0 Å². The van der Waals surface area contributed by atoms with Crippen LogP contribution in [-0.4, -0.2) is 6.04 Å². The number of benzene rings is 2. The molecular formula is C28H33N. The summed E-state index contributed by atoms with van der Waals surface area (Å²) < 4.78 is 0. The average Bonchev–Trinajstić information content (AvgIpc) is 2.98. The average molecular weight is 384 g/mol. The van der Waals surface area contributed by atoms with E-state index >= 15 is 0 Å². The van der Waals surface area contributed by atoms with Crippen molar-refractivity contribution in [2.75, 3.05) is 5.32 Å². The van der Waals surface area contributed by atoms with Crippen molar-refractivity contribution in [3.63, 3.8) is 0 Å². The number of anilines is 1. The van der Waals surface area contributed by atoms with Gasteiger partial charge in [-0.15, -0.1) is 0 Å². The van der Waals surface area contributed by atoms with Crippen LogP contribution >= 0.6 is 0 Å². The van der Waals surface area contributed by atoms with Crippen LogP contribution in [0.4, 0.5) is 5.69 Å². The molecule has 1 N–H and O–H groups in total. The van der Waals surface area contributed by atoms with Crippen molar-refractivity contribution in [2.45, 2.75) is 52.0 Å². The van der Waals surface area contributed by atoms with Gasteiger partial charge < -0.3 is 5.32 Å². The van der Waals surface area contributed by atoms with Crippen LogP contribution in [0.15, 0.2) is 91.1 Å². The van der Waals surface area contributed by atoms with E-state index in [9.17, 15) is 0 Å². The maximum Gasteiger partial charge on any atom is 0.0485 e. The Labute approximate surface area is 176 Å². The van der Waals surface area contributed by atoms with Gasteiger partial charge in [0, 0.05) is 17.1 Å². The standard InChI is InChI=1S/C26H27N.C2H6/c1-4-5-6-9-19-12-14-20(15-13-19)27-21-16-17-23-22-10-7-8-11-24(22)26(2,3)25(23)18-21;1-2/h4-8,10-15,17-18,21,27H,1,9,16H2,2-3H3;1-2H3/b6-5-;. The summed E-state index contributed by atoms with van der Waals surface area (Å²) in [6.07, 6.45) is 12.8. The first kappa shape index (κ1) is 20.9. The summed E-state index contributed by atoms with van der Waals surface area (Å²) in [5, 5.41) is 3.70. The summed E-state index contributed by atoms with van der Waals surface area (Å²) in [4.78, 5) is 0. The highest BCUT2D eigenvalue weighted by atomic mass is 14.9. The molecule has 2 aromatic rings. The van der Waals surface area contributed by atoms with E-state index in [2.05, 4.69) is 92.5 Å². The minimum Gasteiger partial charge on any atom is -0.379 e. The second-order valence-corrected chi connectivity index (χ2v) is 7.92. The van der Waals surface area contributed by atoms with Gasteiger partial charge in [-0.3, -0.25) is 0 Å². The molecule has 0 heterocycles. The van der Waals surface area contributed by atoms with Gasteiger partial charge in [0.25, 0.3) is 0 Å². The number of hydrogen-bond acceptors (Lipinski definition) is 1. The first-order chi connectivity index (χ1) is 14.1. The van der Waals surface area contributed by atoms with Crippen LogP contribution in [0.3, 0.4) is 0 Å². The zero-order chi connectivity index (χ0) is 20.9. The van der Waals surface area contributed by atoms with Crippen LogP contribution in [0, 0.1) is 0 Å². The molecule has 0 saturated carbocycles. The third-order valence-corrected chi connectivity index (χ3v) is 5.73. The number of hydrogen-bond donors (Lipinski definition) is 1. The number of nitrogens with one attached hydrogen (secondary N) is 1. The molecule has 2 aliphatic carbocycles. The van der Waals surface area contributed by atoms with Gasteiger partial charge in [0.1, 0.15) is 0 Å². The van der Waals surface area contributed by atoms with Gasteiger partial charge in [-0.25, -0.2) is 0 Å². The molecule has 1 unspecified atom stereocenters. The Hall–Kier alpha value is -2.80. The molecule has 2 aromatic carbocycles. The van der Waals surface area contributed by atoms with Gasteiger partial charge in [0.15, 0.2) is 0 Å². The van der Waals surface area contributed by atoms with E-state index in [0.717, 1.165) is 12.8 Å². The van der Waals surface area contributed by atoms with Crippen LogP contribution in [-0.2, 0) is 11.8 Å². The molecule has 1 heteroatoms. The first-order valence-electron chi connectivity index (χ1n) is 10.8. The lowest BCUT2D eigenvalue weighted by Gasteiger charge is -2.27. The maximum absolute atomic E-state index is 3.71. The van der Waals surface area contributed by atoms with Gasteiger partial charge in [-0.05, 0) is 52.8 Å². The smallest absolute Gasteiger partial charge is 0.0485 e. The molecule has 1 nitrogen and oxygen atoms in total. The fraction of sp³-hybridized carbons (Fsp3) is 0.286. The molecule has 0 aliphatic heterocycles. The summed E-state index contributed by atoms with van der Waals surface area (Å²) in [6.45, 7) is 12.4. The number of fused-ring (bicyclic) bond motifs is 3. The van der Waals surface area contributed by atoms with Gasteiger partial charge in [0.2, 0.25) is 0 Å². The molecular weight excluding hydrogens is 350 g/mol. The van der Waals surface area contributed by atoms with Crippen molar-refractivity contribution in [1.82, 2.24) is 0 Å². The van der Waals surface area contributed by atoms with E-state index in [1.54, 1.807) is 0 Å². The molecule has 0 radical (unpaired) electrons. The molecule has 150 valence electrons. The predicted octanol–water partition coefficient (Wildman–Crippen LogP) is 7.48. The largest absolute Gasteiger partial charge is 0.379 e. The summed E-state index contributed by atoms with van der Waals surface area (Å²) in [6, 6.07) is 17.9. The third-order valence-electron chi connectivity index (χ3n) is 5.73. The van der Waals surface area contributed by atoms with Crippen LogP contribution < -0.4 is 5.32 Å². The highest BCUT2D eigenvalue weighted by Gasteiger charge is 2.39. The minimum atomic E-state index is 0.0735. The monoisotopic (exact) mass is 383 g/mol. The van der Waals surface area contributed by atoms with Crippen LogP contribution in [0.1, 0.15) is 50.8 Å². The molecule has 1 atom stereocenters. The second kappa shape index (κ2) is 9.13. The molecule has 2 aliphatic rings. The molecule has 0 amide bonds. The number of allylic oxidation sites excluding steroid dienone is 5. The van der Waals surface area contributed by atoms with Crippen molar-refractivity contribution in [1.29, 1.82) is 0 Å². The Bertz CT molecular complexity index is 939. The zero-order valence-electron chi connectivity index (χ0n) is 18.2. The van der Waals surface area contributed by atoms with Crippen LogP contribution in [0.5, 0.6) is 0 Å². The van der Waals surface area contributed by atoms with Crippen molar-refractivity contribution in [2.24, 2.45) is 0 Å². The summed E-state index contributed by atoms with van der Waals surface area (Å²) in [5.74, 6) is 0. The van der Waals surface area contributed by atoms with Gasteiger partial charge >= 0.3 is 0 Å². The van der Waals surface area contributed by atoms with Gasteiger partial charge in [-0.2, -0.15) is 0 Å². The van der Waals surface area contributed by atoms with Crippen molar-refractivity contribution in [3.05, 3.63) is 108 Å². The van der Waals surface area contributed by atoms with Crippen LogP contribution in [0.25, 0.3) is 5.57 Å². The summed E-state index contributed by atoms with van der Waals surface area (Å²) in [7, 11) is 0. The lowest BCUT2D eigenvalue weighted by Crippen LogP contribution is -2.23. The number of rotatable bonds is 5. The SMILES string of the molecule is C=C/C=C\Cc1ccc(NC2C=C3C(=CC2)c2ccccc2C3(C)C)cc1.CC. The molecule has 0 spiro atoms. The molecule has 0 aromatic heterocycles. The quantitative estimate of drug-likeness (QED) is 0.528. The van der Waals surface area contributed by atoms with Gasteiger partial charge in [0.05, 0.1) is 0 Å². The molecule has 0 fully saturated rings. The molecule has 29 heavy (non-hydrogen) atoms. The fourth-order valence-corrected chi connectivity index (χ4v) is 4.27. The molecule has 4 rings (SSSR count).